The summed E-state index contributed by atoms with van der Waals surface area (Å²) in [6.45, 7) is 3.62. The van der Waals surface area contributed by atoms with Gasteiger partial charge in [-0.05, 0) is 24.1 Å². The first-order valence-electron chi connectivity index (χ1n) is 7.79. The summed E-state index contributed by atoms with van der Waals surface area (Å²) in [5, 5.41) is 16.1. The number of anilines is 1. The highest BCUT2D eigenvalue weighted by atomic mass is 16.6. The van der Waals surface area contributed by atoms with Gasteiger partial charge >= 0.3 is 0 Å². The van der Waals surface area contributed by atoms with Crippen molar-refractivity contribution in [2.45, 2.75) is 19.9 Å². The van der Waals surface area contributed by atoms with E-state index in [1.165, 1.54) is 18.2 Å². The second-order valence-corrected chi connectivity index (χ2v) is 5.86. The lowest BCUT2D eigenvalue weighted by Gasteiger charge is -2.21. The molecule has 0 aliphatic heterocycles. The number of amides is 2. The zero-order valence-corrected chi connectivity index (χ0v) is 13.9. The Morgan fingerprint density at radius 3 is 2.32 bits per heavy atom. The van der Waals surface area contributed by atoms with Crippen molar-refractivity contribution in [1.29, 1.82) is 0 Å². The molecular weight excluding hydrogens is 322 g/mol. The van der Waals surface area contributed by atoms with Crippen molar-refractivity contribution >= 4 is 23.2 Å². The van der Waals surface area contributed by atoms with Crippen molar-refractivity contribution in [2.75, 3.05) is 5.32 Å². The molecule has 2 amide bonds. The van der Waals surface area contributed by atoms with Gasteiger partial charge in [0, 0.05) is 23.4 Å². The molecule has 1 atom stereocenters. The zero-order chi connectivity index (χ0) is 18.4. The number of hydrogen-bond donors (Lipinski definition) is 2. The highest BCUT2D eigenvalue weighted by molar-refractivity contribution is 6.01. The van der Waals surface area contributed by atoms with Crippen LogP contribution in [0.5, 0.6) is 0 Å². The van der Waals surface area contributed by atoms with Crippen molar-refractivity contribution < 1.29 is 14.5 Å². The molecule has 2 aromatic carbocycles. The van der Waals surface area contributed by atoms with Gasteiger partial charge in [0.2, 0.25) is 5.91 Å². The van der Waals surface area contributed by atoms with Crippen LogP contribution >= 0.6 is 0 Å². The van der Waals surface area contributed by atoms with Crippen LogP contribution in [0.4, 0.5) is 11.4 Å². The molecule has 2 aromatic rings. The van der Waals surface area contributed by atoms with Gasteiger partial charge in [0.25, 0.3) is 11.6 Å². The number of carbonyl (C=O) groups excluding carboxylic acids is 2. The van der Waals surface area contributed by atoms with Crippen LogP contribution in [0.3, 0.4) is 0 Å². The summed E-state index contributed by atoms with van der Waals surface area (Å²) in [4.78, 5) is 35.1. The molecule has 0 aliphatic carbocycles. The Morgan fingerprint density at radius 1 is 1.04 bits per heavy atom. The minimum Gasteiger partial charge on any atom is -0.340 e. The molecule has 130 valence electrons. The average Bonchev–Trinajstić information content (AvgIpc) is 2.60. The average molecular weight is 341 g/mol. The molecule has 25 heavy (non-hydrogen) atoms. The first-order chi connectivity index (χ1) is 11.9. The number of hydrogen-bond acceptors (Lipinski definition) is 4. The number of nitrogens with zero attached hydrogens (tertiary/aromatic N) is 1. The van der Waals surface area contributed by atoms with Crippen LogP contribution in [0, 0.1) is 16.0 Å². The van der Waals surface area contributed by atoms with Gasteiger partial charge in [0.15, 0.2) is 0 Å². The maximum atomic E-state index is 12.5. The van der Waals surface area contributed by atoms with E-state index in [1.807, 2.05) is 13.8 Å². The van der Waals surface area contributed by atoms with Crippen molar-refractivity contribution in [3.8, 4) is 0 Å². The quantitative estimate of drug-likeness (QED) is 0.623. The Bertz CT molecular complexity index is 775. The first kappa shape index (κ1) is 18.1. The molecule has 0 aliphatic rings. The minimum absolute atomic E-state index is 0.118. The minimum atomic E-state index is -0.771. The fourth-order valence-corrected chi connectivity index (χ4v) is 2.27. The van der Waals surface area contributed by atoms with Gasteiger partial charge in [-0.25, -0.2) is 0 Å². The highest BCUT2D eigenvalue weighted by Crippen LogP contribution is 2.18. The topological polar surface area (TPSA) is 101 Å². The molecule has 0 saturated carbocycles. The third kappa shape index (κ3) is 4.87. The monoisotopic (exact) mass is 341 g/mol. The molecule has 0 bridgehead atoms. The lowest BCUT2D eigenvalue weighted by atomic mass is 10.0. The molecule has 0 saturated heterocycles. The number of nitro groups is 1. The van der Waals surface area contributed by atoms with Gasteiger partial charge in [-0.1, -0.05) is 38.1 Å². The lowest BCUT2D eigenvalue weighted by Crippen LogP contribution is -2.47. The summed E-state index contributed by atoms with van der Waals surface area (Å²) in [5.41, 5.74) is 0.641. The Kier molecular flexibility index (Phi) is 5.84. The molecule has 1 unspecified atom stereocenters. The molecule has 2 N–H and O–H groups in total. The van der Waals surface area contributed by atoms with Gasteiger partial charge < -0.3 is 10.6 Å². The Morgan fingerprint density at radius 2 is 1.72 bits per heavy atom. The van der Waals surface area contributed by atoms with Gasteiger partial charge in [0.1, 0.15) is 6.04 Å². The lowest BCUT2D eigenvalue weighted by molar-refractivity contribution is -0.384. The SMILES string of the molecule is CC(C)C(NC(=O)c1ccccc1)C(=O)Nc1cccc([N+](=O)[O-])c1. The zero-order valence-electron chi connectivity index (χ0n) is 13.9. The maximum Gasteiger partial charge on any atom is 0.271 e. The van der Waals surface area contributed by atoms with Gasteiger partial charge in [-0.3, -0.25) is 19.7 Å². The molecule has 0 heterocycles. The molecule has 2 rings (SSSR count). The van der Waals surface area contributed by atoms with E-state index in [9.17, 15) is 19.7 Å². The Balaban J connectivity index is 2.11. The van der Waals surface area contributed by atoms with Crippen LogP contribution in [0.2, 0.25) is 0 Å². The van der Waals surface area contributed by atoms with E-state index >= 15 is 0 Å². The number of nitrogens with one attached hydrogen (secondary N) is 2. The van der Waals surface area contributed by atoms with Gasteiger partial charge in [-0.2, -0.15) is 0 Å². The van der Waals surface area contributed by atoms with E-state index in [4.69, 9.17) is 0 Å². The second kappa shape index (κ2) is 8.05. The van der Waals surface area contributed by atoms with E-state index in [-0.39, 0.29) is 17.5 Å². The molecule has 7 nitrogen and oxygen atoms in total. The maximum absolute atomic E-state index is 12.5. The summed E-state index contributed by atoms with van der Waals surface area (Å²) in [5.74, 6) is -0.945. The van der Waals surface area contributed by atoms with Crippen molar-refractivity contribution in [3.05, 3.63) is 70.3 Å². The third-order valence-electron chi connectivity index (χ3n) is 3.60. The van der Waals surface area contributed by atoms with Crippen LogP contribution in [0.1, 0.15) is 24.2 Å². The van der Waals surface area contributed by atoms with Crippen LogP contribution in [0.25, 0.3) is 0 Å². The number of carbonyl (C=O) groups is 2. The van der Waals surface area contributed by atoms with Crippen molar-refractivity contribution in [1.82, 2.24) is 5.32 Å². The third-order valence-corrected chi connectivity index (χ3v) is 3.60. The molecule has 0 fully saturated rings. The standard InChI is InChI=1S/C18H19N3O4/c1-12(2)16(20-17(22)13-7-4-3-5-8-13)18(23)19-14-9-6-10-15(11-14)21(24)25/h3-12,16H,1-2H3,(H,19,23)(H,20,22). The first-order valence-corrected chi connectivity index (χ1v) is 7.79. The number of rotatable bonds is 6. The summed E-state index contributed by atoms with van der Waals surface area (Å²) in [7, 11) is 0. The van der Waals surface area contributed by atoms with E-state index < -0.39 is 16.9 Å². The van der Waals surface area contributed by atoms with Crippen LogP contribution < -0.4 is 10.6 Å². The van der Waals surface area contributed by atoms with E-state index in [0.29, 0.717) is 11.3 Å². The van der Waals surface area contributed by atoms with Crippen molar-refractivity contribution in [2.24, 2.45) is 5.92 Å². The van der Waals surface area contributed by atoms with E-state index in [0.717, 1.165) is 0 Å². The molecule has 7 heteroatoms. The van der Waals surface area contributed by atoms with E-state index in [1.54, 1.807) is 36.4 Å². The smallest absolute Gasteiger partial charge is 0.271 e. The van der Waals surface area contributed by atoms with Gasteiger partial charge in [0.05, 0.1) is 4.92 Å². The Hall–Kier alpha value is -3.22. The largest absolute Gasteiger partial charge is 0.340 e. The summed E-state index contributed by atoms with van der Waals surface area (Å²) < 4.78 is 0. The summed E-state index contributed by atoms with van der Waals surface area (Å²) >= 11 is 0. The predicted molar refractivity (Wildman–Crippen MR) is 94.3 cm³/mol. The predicted octanol–water partition coefficient (Wildman–Crippen LogP) is 2.99. The normalized spacial score (nSPS) is 11.6. The van der Waals surface area contributed by atoms with Gasteiger partial charge in [-0.15, -0.1) is 0 Å². The molecule has 0 radical (unpaired) electrons. The van der Waals surface area contributed by atoms with E-state index in [2.05, 4.69) is 10.6 Å². The fourth-order valence-electron chi connectivity index (χ4n) is 2.27. The van der Waals surface area contributed by atoms with Crippen LogP contribution in [-0.4, -0.2) is 22.8 Å². The Labute approximate surface area is 145 Å². The molecule has 0 aromatic heterocycles. The number of benzene rings is 2. The molecule has 0 spiro atoms. The number of nitro benzene ring substituents is 1. The number of non-ortho nitro benzene ring substituents is 1. The van der Waals surface area contributed by atoms with Crippen LogP contribution in [-0.2, 0) is 4.79 Å². The van der Waals surface area contributed by atoms with Crippen LogP contribution in [0.15, 0.2) is 54.6 Å². The summed E-state index contributed by atoms with van der Waals surface area (Å²) in [6.07, 6.45) is 0. The fraction of sp³-hybridized carbons (Fsp3) is 0.222. The second-order valence-electron chi connectivity index (χ2n) is 5.86. The highest BCUT2D eigenvalue weighted by Gasteiger charge is 2.25. The molecular formula is C18H19N3O4. The van der Waals surface area contributed by atoms with Crippen molar-refractivity contribution in [3.63, 3.8) is 0 Å². The summed E-state index contributed by atoms with van der Waals surface area (Å²) in [6, 6.07) is 13.5.